The molecule has 0 saturated carbocycles. The van der Waals surface area contributed by atoms with Gasteiger partial charge in [0.05, 0.1) is 5.41 Å². The third-order valence-electron chi connectivity index (χ3n) is 3.51. The van der Waals surface area contributed by atoms with Gasteiger partial charge >= 0.3 is 5.97 Å². The van der Waals surface area contributed by atoms with Crippen LogP contribution in [0.15, 0.2) is 48.8 Å². The predicted molar refractivity (Wildman–Crippen MR) is 78.2 cm³/mol. The van der Waals surface area contributed by atoms with Gasteiger partial charge in [-0.2, -0.15) is 0 Å². The third-order valence-corrected chi connectivity index (χ3v) is 3.51. The third kappa shape index (κ3) is 3.05. The van der Waals surface area contributed by atoms with Gasteiger partial charge < -0.3 is 4.74 Å². The molecule has 0 radical (unpaired) electrons. The molecule has 0 amide bonds. The Morgan fingerprint density at radius 2 is 1.95 bits per heavy atom. The van der Waals surface area contributed by atoms with Crippen LogP contribution in [0, 0.1) is 6.92 Å². The molecule has 1 aromatic carbocycles. The minimum Gasteiger partial charge on any atom is -0.460 e. The van der Waals surface area contributed by atoms with Gasteiger partial charge in [0, 0.05) is 12.4 Å². The Kier molecular flexibility index (Phi) is 4.18. The maximum atomic E-state index is 12.3. The number of esters is 1. The van der Waals surface area contributed by atoms with Crippen LogP contribution >= 0.6 is 0 Å². The van der Waals surface area contributed by atoms with Crippen LogP contribution in [-0.4, -0.2) is 11.0 Å². The Hall–Kier alpha value is -2.16. The lowest BCUT2D eigenvalue weighted by molar-refractivity contribution is -0.150. The van der Waals surface area contributed by atoms with E-state index in [4.69, 9.17) is 4.74 Å². The Bertz CT molecular complexity index is 591. The number of pyridine rings is 1. The van der Waals surface area contributed by atoms with Crippen molar-refractivity contribution >= 4 is 5.97 Å². The quantitative estimate of drug-likeness (QED) is 0.798. The SMILES string of the molecule is Cc1ccccc1COC(=O)C(C)(C)c1cccnc1. The molecule has 1 aromatic heterocycles. The van der Waals surface area contributed by atoms with Crippen LogP contribution in [0.4, 0.5) is 0 Å². The van der Waals surface area contributed by atoms with Crippen molar-refractivity contribution < 1.29 is 9.53 Å². The average Bonchev–Trinajstić information content (AvgIpc) is 2.47. The van der Waals surface area contributed by atoms with Crippen LogP contribution in [0.25, 0.3) is 0 Å². The van der Waals surface area contributed by atoms with Crippen molar-refractivity contribution in [2.75, 3.05) is 0 Å². The van der Waals surface area contributed by atoms with E-state index in [0.717, 1.165) is 16.7 Å². The monoisotopic (exact) mass is 269 g/mol. The first-order valence-electron chi connectivity index (χ1n) is 6.64. The first-order chi connectivity index (χ1) is 9.51. The number of nitrogens with zero attached hydrogens (tertiary/aromatic N) is 1. The summed E-state index contributed by atoms with van der Waals surface area (Å²) in [4.78, 5) is 16.4. The fourth-order valence-corrected chi connectivity index (χ4v) is 1.95. The highest BCUT2D eigenvalue weighted by Gasteiger charge is 2.31. The number of carbonyl (C=O) groups is 1. The van der Waals surface area contributed by atoms with Crippen LogP contribution < -0.4 is 0 Å². The Morgan fingerprint density at radius 1 is 1.20 bits per heavy atom. The van der Waals surface area contributed by atoms with E-state index < -0.39 is 5.41 Å². The fourth-order valence-electron chi connectivity index (χ4n) is 1.95. The number of ether oxygens (including phenoxy) is 1. The van der Waals surface area contributed by atoms with Gasteiger partial charge in [0.25, 0.3) is 0 Å². The minimum absolute atomic E-state index is 0.242. The van der Waals surface area contributed by atoms with E-state index in [2.05, 4.69) is 4.98 Å². The molecular weight excluding hydrogens is 250 g/mol. The molecule has 0 N–H and O–H groups in total. The highest BCUT2D eigenvalue weighted by atomic mass is 16.5. The molecule has 0 atom stereocenters. The van der Waals surface area contributed by atoms with E-state index in [1.54, 1.807) is 12.4 Å². The first kappa shape index (κ1) is 14.3. The zero-order chi connectivity index (χ0) is 14.6. The number of rotatable bonds is 4. The molecule has 0 bridgehead atoms. The van der Waals surface area contributed by atoms with Crippen molar-refractivity contribution in [3.63, 3.8) is 0 Å². The highest BCUT2D eigenvalue weighted by molar-refractivity contribution is 5.82. The smallest absolute Gasteiger partial charge is 0.316 e. The van der Waals surface area contributed by atoms with Crippen molar-refractivity contribution in [1.82, 2.24) is 4.98 Å². The van der Waals surface area contributed by atoms with Crippen LogP contribution in [0.2, 0.25) is 0 Å². The van der Waals surface area contributed by atoms with Crippen molar-refractivity contribution in [2.24, 2.45) is 0 Å². The summed E-state index contributed by atoms with van der Waals surface area (Å²) >= 11 is 0. The molecule has 0 saturated heterocycles. The number of carbonyl (C=O) groups excluding carboxylic acids is 1. The maximum absolute atomic E-state index is 12.3. The molecule has 0 spiro atoms. The summed E-state index contributed by atoms with van der Waals surface area (Å²) in [6.07, 6.45) is 3.40. The van der Waals surface area contributed by atoms with Gasteiger partial charge in [-0.1, -0.05) is 30.3 Å². The molecule has 0 unspecified atom stereocenters. The lowest BCUT2D eigenvalue weighted by Crippen LogP contribution is -2.31. The molecule has 0 fully saturated rings. The number of aryl methyl sites for hydroxylation is 1. The number of hydrogen-bond acceptors (Lipinski definition) is 3. The van der Waals surface area contributed by atoms with E-state index in [9.17, 15) is 4.79 Å². The Balaban J connectivity index is 2.07. The van der Waals surface area contributed by atoms with Gasteiger partial charge in [-0.15, -0.1) is 0 Å². The van der Waals surface area contributed by atoms with Gasteiger partial charge in [-0.25, -0.2) is 0 Å². The molecule has 3 nitrogen and oxygen atoms in total. The second-order valence-electron chi connectivity index (χ2n) is 5.37. The normalized spacial score (nSPS) is 11.2. The lowest BCUT2D eigenvalue weighted by atomic mass is 9.86. The molecule has 3 heteroatoms. The topological polar surface area (TPSA) is 39.2 Å². The van der Waals surface area contributed by atoms with Crippen LogP contribution in [0.1, 0.15) is 30.5 Å². The van der Waals surface area contributed by atoms with Crippen molar-refractivity contribution in [2.45, 2.75) is 32.8 Å². The molecule has 2 rings (SSSR count). The standard InChI is InChI=1S/C17H19NO2/c1-13-7-4-5-8-14(13)12-20-16(19)17(2,3)15-9-6-10-18-11-15/h4-11H,12H2,1-3H3. The molecule has 0 aliphatic heterocycles. The Labute approximate surface area is 119 Å². The van der Waals surface area contributed by atoms with Crippen LogP contribution in [0.5, 0.6) is 0 Å². The zero-order valence-corrected chi connectivity index (χ0v) is 12.1. The van der Waals surface area contributed by atoms with E-state index in [-0.39, 0.29) is 5.97 Å². The second kappa shape index (κ2) is 5.87. The fraction of sp³-hybridized carbons (Fsp3) is 0.294. The maximum Gasteiger partial charge on any atom is 0.316 e. The van der Waals surface area contributed by atoms with Crippen LogP contribution in [0.3, 0.4) is 0 Å². The number of hydrogen-bond donors (Lipinski definition) is 0. The van der Waals surface area contributed by atoms with Gasteiger partial charge in [0.2, 0.25) is 0 Å². The molecule has 0 aliphatic carbocycles. The molecule has 0 aliphatic rings. The predicted octanol–water partition coefficient (Wildman–Crippen LogP) is 3.41. The van der Waals surface area contributed by atoms with Crippen LogP contribution in [-0.2, 0) is 21.6 Å². The van der Waals surface area contributed by atoms with Gasteiger partial charge in [-0.05, 0) is 43.5 Å². The summed E-state index contributed by atoms with van der Waals surface area (Å²) < 4.78 is 5.46. The largest absolute Gasteiger partial charge is 0.460 e. The molecule has 20 heavy (non-hydrogen) atoms. The molecular formula is C17H19NO2. The van der Waals surface area contributed by atoms with E-state index >= 15 is 0 Å². The molecule has 2 aromatic rings. The summed E-state index contributed by atoms with van der Waals surface area (Å²) in [7, 11) is 0. The second-order valence-corrected chi connectivity index (χ2v) is 5.37. The van der Waals surface area contributed by atoms with Gasteiger partial charge in [-0.3, -0.25) is 9.78 Å². The zero-order valence-electron chi connectivity index (χ0n) is 12.1. The minimum atomic E-state index is -0.697. The lowest BCUT2D eigenvalue weighted by Gasteiger charge is -2.22. The van der Waals surface area contributed by atoms with E-state index in [1.807, 2.05) is 57.2 Å². The summed E-state index contributed by atoms with van der Waals surface area (Å²) in [6.45, 7) is 6.01. The summed E-state index contributed by atoms with van der Waals surface area (Å²) in [6, 6.07) is 11.6. The Morgan fingerprint density at radius 3 is 2.60 bits per heavy atom. The van der Waals surface area contributed by atoms with Crippen molar-refractivity contribution in [1.29, 1.82) is 0 Å². The average molecular weight is 269 g/mol. The number of aromatic nitrogens is 1. The molecule has 104 valence electrons. The van der Waals surface area contributed by atoms with Gasteiger partial charge in [0.15, 0.2) is 0 Å². The van der Waals surface area contributed by atoms with E-state index in [1.165, 1.54) is 0 Å². The van der Waals surface area contributed by atoms with Gasteiger partial charge in [0.1, 0.15) is 6.61 Å². The van der Waals surface area contributed by atoms with Crippen molar-refractivity contribution in [3.05, 3.63) is 65.5 Å². The number of benzene rings is 1. The van der Waals surface area contributed by atoms with E-state index in [0.29, 0.717) is 6.61 Å². The molecule has 1 heterocycles. The highest BCUT2D eigenvalue weighted by Crippen LogP contribution is 2.24. The summed E-state index contributed by atoms with van der Waals surface area (Å²) in [5, 5.41) is 0. The van der Waals surface area contributed by atoms with Crippen molar-refractivity contribution in [3.8, 4) is 0 Å². The first-order valence-corrected chi connectivity index (χ1v) is 6.64. The summed E-state index contributed by atoms with van der Waals surface area (Å²) in [5.74, 6) is -0.242. The summed E-state index contributed by atoms with van der Waals surface area (Å²) in [5.41, 5.74) is 2.31.